The molecule has 4 rings (SSSR count). The second-order valence-electron chi connectivity index (χ2n) is 9.16. The van der Waals surface area contributed by atoms with E-state index in [1.807, 2.05) is 6.92 Å². The summed E-state index contributed by atoms with van der Waals surface area (Å²) < 4.78 is 25.0. The first-order valence-electron chi connectivity index (χ1n) is 12.3. The number of nitrogens with one attached hydrogen (secondary N) is 1. The molecule has 10 heteroatoms. The van der Waals surface area contributed by atoms with Crippen molar-refractivity contribution in [2.75, 3.05) is 13.7 Å². The molecule has 2 amide bonds. The largest absolute Gasteiger partial charge is 0.496 e. The highest BCUT2D eigenvalue weighted by Crippen LogP contribution is 2.33. The lowest BCUT2D eigenvalue weighted by Crippen LogP contribution is -2.34. The second kappa shape index (κ2) is 12.4. The number of alkyl halides is 1. The highest BCUT2D eigenvalue weighted by molar-refractivity contribution is 6.03. The first kappa shape index (κ1) is 27.7. The molecule has 2 aromatic rings. The lowest BCUT2D eigenvalue weighted by molar-refractivity contribution is -0.142. The molecule has 1 aliphatic carbocycles. The van der Waals surface area contributed by atoms with Crippen LogP contribution in [0.15, 0.2) is 18.3 Å². The molecule has 0 radical (unpaired) electrons. The zero-order valence-electron chi connectivity index (χ0n) is 21.0. The van der Waals surface area contributed by atoms with Crippen molar-refractivity contribution in [2.45, 2.75) is 57.7 Å². The number of carboxylic acids is 1. The number of benzene rings is 1. The van der Waals surface area contributed by atoms with Crippen LogP contribution in [0.1, 0.15) is 61.4 Å². The third-order valence-corrected chi connectivity index (χ3v) is 6.89. The Hall–Kier alpha value is -3.87. The number of fused-ring (bicyclic) bond motifs is 1. The van der Waals surface area contributed by atoms with Gasteiger partial charge in [-0.25, -0.2) is 9.37 Å². The van der Waals surface area contributed by atoms with E-state index in [1.54, 1.807) is 6.07 Å². The molecule has 1 aliphatic heterocycles. The smallest absolute Gasteiger partial charge is 0.306 e. The van der Waals surface area contributed by atoms with E-state index in [9.17, 15) is 18.8 Å². The summed E-state index contributed by atoms with van der Waals surface area (Å²) in [6.07, 6.45) is 11.2. The Kier molecular flexibility index (Phi) is 9.28. The minimum Gasteiger partial charge on any atom is -0.496 e. The van der Waals surface area contributed by atoms with Crippen LogP contribution in [-0.4, -0.2) is 53.8 Å². The van der Waals surface area contributed by atoms with Gasteiger partial charge in [-0.3, -0.25) is 14.4 Å². The van der Waals surface area contributed by atoms with Crippen molar-refractivity contribution in [1.82, 2.24) is 10.3 Å². The van der Waals surface area contributed by atoms with E-state index in [1.165, 1.54) is 25.8 Å². The Morgan fingerprint density at radius 3 is 2.51 bits per heavy atom. The molecule has 0 spiro atoms. The summed E-state index contributed by atoms with van der Waals surface area (Å²) in [5, 5.41) is 12.2. The fraction of sp³-hybridized carbons (Fsp3) is 0.481. The van der Waals surface area contributed by atoms with Crippen molar-refractivity contribution in [1.29, 1.82) is 0 Å². The minimum absolute atomic E-state index is 0.0289. The molecule has 1 saturated carbocycles. The first-order chi connectivity index (χ1) is 17.7. The number of halogens is 1. The predicted octanol–water partition coefficient (Wildman–Crippen LogP) is 3.22. The van der Waals surface area contributed by atoms with Gasteiger partial charge in [-0.05, 0) is 31.4 Å². The summed E-state index contributed by atoms with van der Waals surface area (Å²) in [5.41, 5.74) is 6.05. The Morgan fingerprint density at radius 2 is 1.97 bits per heavy atom. The van der Waals surface area contributed by atoms with E-state index in [2.05, 4.69) is 16.2 Å². The molecule has 1 saturated heterocycles. The maximum atomic E-state index is 14.0. The molecule has 37 heavy (non-hydrogen) atoms. The van der Waals surface area contributed by atoms with Gasteiger partial charge in [0.25, 0.3) is 11.8 Å². The molecule has 3 unspecified atom stereocenters. The van der Waals surface area contributed by atoms with E-state index in [0.717, 1.165) is 25.7 Å². The van der Waals surface area contributed by atoms with Crippen LogP contribution in [0.5, 0.6) is 11.6 Å². The van der Waals surface area contributed by atoms with Crippen LogP contribution < -0.4 is 20.5 Å². The average molecular weight is 514 g/mol. The number of hydrogen-bond acceptors (Lipinski definition) is 6. The number of primary amides is 1. The number of nitrogens with zero attached hydrogens (tertiary/aromatic N) is 1. The van der Waals surface area contributed by atoms with Gasteiger partial charge >= 0.3 is 5.97 Å². The van der Waals surface area contributed by atoms with E-state index < -0.39 is 35.9 Å². The Morgan fingerprint density at radius 1 is 1.27 bits per heavy atom. The number of amides is 2. The van der Waals surface area contributed by atoms with Gasteiger partial charge in [0.15, 0.2) is 6.17 Å². The van der Waals surface area contributed by atoms with E-state index in [-0.39, 0.29) is 29.7 Å². The van der Waals surface area contributed by atoms with Crippen molar-refractivity contribution in [3.63, 3.8) is 0 Å². The van der Waals surface area contributed by atoms with Crippen LogP contribution in [0.3, 0.4) is 0 Å². The molecule has 198 valence electrons. The number of rotatable bonds is 7. The molecule has 2 heterocycles. The van der Waals surface area contributed by atoms with Crippen LogP contribution in [0.25, 0.3) is 10.8 Å². The summed E-state index contributed by atoms with van der Waals surface area (Å²) in [7, 11) is 1.41. The lowest BCUT2D eigenvalue weighted by Gasteiger charge is -2.19. The number of carbonyl (C=O) groups is 3. The molecule has 4 N–H and O–H groups in total. The van der Waals surface area contributed by atoms with Crippen molar-refractivity contribution < 1.29 is 33.4 Å². The SMILES string of the molecule is C#Cc1cnc(OCC2NC(=O)C(F)C2CC)c2cc(OC)c(C(N)=O)cc12.O=C(O)C1CCCCC1. The van der Waals surface area contributed by atoms with Crippen LogP contribution in [0.4, 0.5) is 4.39 Å². The summed E-state index contributed by atoms with van der Waals surface area (Å²) in [4.78, 5) is 37.9. The van der Waals surface area contributed by atoms with Crippen molar-refractivity contribution in [2.24, 2.45) is 17.6 Å². The topological polar surface area (TPSA) is 141 Å². The highest BCUT2D eigenvalue weighted by atomic mass is 19.1. The zero-order chi connectivity index (χ0) is 27.1. The fourth-order valence-electron chi connectivity index (χ4n) is 4.78. The number of terminal acetylenes is 1. The number of pyridine rings is 1. The number of nitrogens with two attached hydrogens (primary N) is 1. The van der Waals surface area contributed by atoms with Crippen LogP contribution in [0.2, 0.25) is 0 Å². The molecule has 3 atom stereocenters. The van der Waals surface area contributed by atoms with Gasteiger partial charge in [-0.2, -0.15) is 0 Å². The molecule has 1 aromatic heterocycles. The quantitative estimate of drug-likeness (QED) is 0.483. The van der Waals surface area contributed by atoms with Gasteiger partial charge in [0.2, 0.25) is 5.88 Å². The number of carboxylic acid groups (broad SMARTS) is 1. The molecule has 9 nitrogen and oxygen atoms in total. The molecule has 2 aliphatic rings. The van der Waals surface area contributed by atoms with Gasteiger partial charge in [0.1, 0.15) is 12.4 Å². The van der Waals surface area contributed by atoms with Crippen LogP contribution >= 0.6 is 0 Å². The van der Waals surface area contributed by atoms with E-state index >= 15 is 0 Å². The highest BCUT2D eigenvalue weighted by Gasteiger charge is 2.41. The maximum absolute atomic E-state index is 14.0. The minimum atomic E-state index is -1.55. The van der Waals surface area contributed by atoms with Crippen LogP contribution in [-0.2, 0) is 9.59 Å². The molecular weight excluding hydrogens is 481 g/mol. The van der Waals surface area contributed by atoms with Gasteiger partial charge in [-0.1, -0.05) is 32.1 Å². The van der Waals surface area contributed by atoms with Crippen molar-refractivity contribution >= 4 is 28.6 Å². The fourth-order valence-corrected chi connectivity index (χ4v) is 4.78. The monoisotopic (exact) mass is 513 g/mol. The number of aliphatic carboxylic acids is 1. The third kappa shape index (κ3) is 6.28. The van der Waals surface area contributed by atoms with Gasteiger partial charge in [0.05, 0.1) is 30.2 Å². The Balaban J connectivity index is 0.000000356. The lowest BCUT2D eigenvalue weighted by atomic mass is 9.90. The number of ether oxygens (including phenoxy) is 2. The first-order valence-corrected chi connectivity index (χ1v) is 12.3. The van der Waals surface area contributed by atoms with Crippen LogP contribution in [0, 0.1) is 24.2 Å². The molecular formula is C27H32FN3O6. The number of methoxy groups -OCH3 is 1. The van der Waals surface area contributed by atoms with E-state index in [0.29, 0.717) is 22.8 Å². The standard InChI is InChI=1S/C20H20FN3O4.C7H12O2/c1-4-10-8-23-20(28-9-15-11(5-2)17(21)19(26)24-15)13-7-16(27-3)14(18(22)25)6-12(10)13;8-7(9)6-4-2-1-3-5-6/h1,6-8,11,15,17H,5,9H2,2-3H3,(H2,22,25)(H,24,26);6H,1-5H2,(H,8,9). The predicted molar refractivity (Wildman–Crippen MR) is 135 cm³/mol. The Labute approximate surface area is 214 Å². The van der Waals surface area contributed by atoms with Gasteiger partial charge < -0.3 is 25.6 Å². The zero-order valence-corrected chi connectivity index (χ0v) is 21.0. The molecule has 1 aromatic carbocycles. The van der Waals surface area contributed by atoms with Crippen molar-refractivity contribution in [3.05, 3.63) is 29.5 Å². The van der Waals surface area contributed by atoms with Gasteiger partial charge in [0, 0.05) is 22.9 Å². The Bertz CT molecular complexity index is 1200. The second-order valence-corrected chi connectivity index (χ2v) is 9.16. The maximum Gasteiger partial charge on any atom is 0.306 e. The van der Waals surface area contributed by atoms with E-state index in [4.69, 9.17) is 26.7 Å². The number of carbonyl (C=O) groups excluding carboxylic acids is 2. The summed E-state index contributed by atoms with van der Waals surface area (Å²) in [5.74, 6) is 0.602. The number of aromatic nitrogens is 1. The summed E-state index contributed by atoms with van der Waals surface area (Å²) >= 11 is 0. The number of hydrogen-bond donors (Lipinski definition) is 3. The normalized spacial score (nSPS) is 21.4. The summed E-state index contributed by atoms with van der Waals surface area (Å²) in [6, 6.07) is 2.63. The van der Waals surface area contributed by atoms with Gasteiger partial charge in [-0.15, -0.1) is 6.42 Å². The molecule has 2 fully saturated rings. The average Bonchev–Trinajstić information content (AvgIpc) is 3.19. The summed E-state index contributed by atoms with van der Waals surface area (Å²) in [6.45, 7) is 1.86. The molecule has 0 bridgehead atoms. The third-order valence-electron chi connectivity index (χ3n) is 6.89. The van der Waals surface area contributed by atoms with Crippen molar-refractivity contribution in [3.8, 4) is 24.0 Å².